The molecule has 1 atom stereocenters. The van der Waals surface area contributed by atoms with Gasteiger partial charge in [0.25, 0.3) is 0 Å². The molecule has 0 bridgehead atoms. The number of nitrogens with zero attached hydrogens (tertiary/aromatic N) is 4. The van der Waals surface area contributed by atoms with E-state index in [9.17, 15) is 0 Å². The van der Waals surface area contributed by atoms with Crippen molar-refractivity contribution >= 4 is 11.9 Å². The molecule has 0 radical (unpaired) electrons. The van der Waals surface area contributed by atoms with Gasteiger partial charge in [-0.15, -0.1) is 0 Å². The van der Waals surface area contributed by atoms with Crippen LogP contribution < -0.4 is 0 Å². The molecule has 1 saturated heterocycles. The highest BCUT2D eigenvalue weighted by atomic mass is 16.5. The van der Waals surface area contributed by atoms with Crippen LogP contribution in [0.2, 0.25) is 0 Å². The molecule has 5 rings (SSSR count). The first-order valence-corrected chi connectivity index (χ1v) is 10.8. The summed E-state index contributed by atoms with van der Waals surface area (Å²) in [6.45, 7) is 3.04. The minimum atomic E-state index is -1.82. The van der Waals surface area contributed by atoms with Crippen molar-refractivity contribution in [3.63, 3.8) is 0 Å². The fourth-order valence-corrected chi connectivity index (χ4v) is 4.12. The predicted octanol–water partition coefficient (Wildman–Crippen LogP) is 2.45. The van der Waals surface area contributed by atoms with Gasteiger partial charge in [0.15, 0.2) is 0 Å². The molecule has 10 heteroatoms. The van der Waals surface area contributed by atoms with Crippen molar-refractivity contribution in [1.82, 2.24) is 19.4 Å². The van der Waals surface area contributed by atoms with Crippen LogP contribution in [0.25, 0.3) is 11.6 Å². The molecule has 2 aliphatic rings. The van der Waals surface area contributed by atoms with Crippen molar-refractivity contribution < 1.29 is 29.0 Å². The number of likely N-dealkylation sites (tertiary alicyclic amines) is 1. The zero-order valence-corrected chi connectivity index (χ0v) is 18.3. The van der Waals surface area contributed by atoms with Crippen LogP contribution in [-0.4, -0.2) is 67.8 Å². The molecule has 4 heterocycles. The number of rotatable bonds is 3. The topological polar surface area (TPSA) is 131 Å². The zero-order valence-electron chi connectivity index (χ0n) is 18.3. The number of carboxylic acid groups (broad SMARTS) is 2. The number of aromatic nitrogens is 3. The summed E-state index contributed by atoms with van der Waals surface area (Å²) in [5, 5.41) is 14.8. The zero-order chi connectivity index (χ0) is 23.4. The number of hydrogen-bond acceptors (Lipinski definition) is 7. The fourth-order valence-electron chi connectivity index (χ4n) is 4.12. The summed E-state index contributed by atoms with van der Waals surface area (Å²) < 4.78 is 14.4. The van der Waals surface area contributed by atoms with Crippen molar-refractivity contribution in [1.29, 1.82) is 0 Å². The van der Waals surface area contributed by atoms with E-state index >= 15 is 0 Å². The molecule has 2 N–H and O–H groups in total. The minimum absolute atomic E-state index is 0.152. The van der Waals surface area contributed by atoms with Crippen molar-refractivity contribution in [2.45, 2.75) is 38.0 Å². The Morgan fingerprint density at radius 2 is 1.85 bits per heavy atom. The maximum absolute atomic E-state index is 9.10. The largest absolute Gasteiger partial charge is 0.473 e. The van der Waals surface area contributed by atoms with Crippen molar-refractivity contribution in [2.75, 3.05) is 20.1 Å². The van der Waals surface area contributed by atoms with Gasteiger partial charge in [0.2, 0.25) is 5.89 Å². The van der Waals surface area contributed by atoms with Gasteiger partial charge in [-0.2, -0.15) is 0 Å². The number of benzene rings is 1. The van der Waals surface area contributed by atoms with E-state index in [1.807, 2.05) is 6.20 Å². The highest BCUT2D eigenvalue weighted by molar-refractivity contribution is 6.27. The lowest BCUT2D eigenvalue weighted by Gasteiger charge is -2.32. The molecule has 0 amide bonds. The fraction of sp³-hybridized carbons (Fsp3) is 0.391. The van der Waals surface area contributed by atoms with Crippen molar-refractivity contribution in [2.24, 2.45) is 0 Å². The van der Waals surface area contributed by atoms with Gasteiger partial charge in [0, 0.05) is 25.8 Å². The van der Waals surface area contributed by atoms with Crippen LogP contribution >= 0.6 is 0 Å². The smallest absolute Gasteiger partial charge is 0.414 e. The second-order valence-electron chi connectivity index (χ2n) is 8.09. The van der Waals surface area contributed by atoms with Gasteiger partial charge >= 0.3 is 11.9 Å². The van der Waals surface area contributed by atoms with Gasteiger partial charge in [-0.3, -0.25) is 0 Å². The van der Waals surface area contributed by atoms with Crippen LogP contribution in [0.15, 0.2) is 47.3 Å². The first kappa shape index (κ1) is 22.7. The molecule has 0 aliphatic carbocycles. The van der Waals surface area contributed by atoms with Crippen LogP contribution in [-0.2, 0) is 27.3 Å². The molecule has 174 valence electrons. The number of aliphatic carboxylic acids is 2. The Balaban J connectivity index is 0.000000385. The van der Waals surface area contributed by atoms with E-state index in [0.29, 0.717) is 5.89 Å². The Kier molecular flexibility index (Phi) is 6.85. The van der Waals surface area contributed by atoms with E-state index in [2.05, 4.69) is 45.8 Å². The van der Waals surface area contributed by atoms with Gasteiger partial charge in [-0.05, 0) is 37.4 Å². The number of oxazole rings is 1. The minimum Gasteiger partial charge on any atom is -0.473 e. The van der Waals surface area contributed by atoms with Crippen LogP contribution in [0.5, 0.6) is 0 Å². The molecule has 1 fully saturated rings. The third kappa shape index (κ3) is 5.29. The number of ether oxygens (including phenoxy) is 1. The number of piperidine rings is 1. The Morgan fingerprint density at radius 3 is 2.52 bits per heavy atom. The normalized spacial score (nSPS) is 18.4. The average molecular weight is 454 g/mol. The van der Waals surface area contributed by atoms with Gasteiger partial charge in [-0.25, -0.2) is 19.6 Å². The molecule has 1 aromatic carbocycles. The summed E-state index contributed by atoms with van der Waals surface area (Å²) in [7, 11) is 2.17. The van der Waals surface area contributed by atoms with Crippen LogP contribution in [0.4, 0.5) is 0 Å². The lowest BCUT2D eigenvalue weighted by Crippen LogP contribution is -2.35. The highest BCUT2D eigenvalue weighted by Crippen LogP contribution is 2.35. The second kappa shape index (κ2) is 9.97. The summed E-state index contributed by atoms with van der Waals surface area (Å²) in [4.78, 5) is 29.7. The van der Waals surface area contributed by atoms with Gasteiger partial charge in [0.05, 0.1) is 12.3 Å². The SMILES string of the molecule is CN1CCC(OC2c3ccccc3CCn3cc(-c4ncco4)nc32)CC1.O=C(O)C(=O)O. The molecule has 33 heavy (non-hydrogen) atoms. The summed E-state index contributed by atoms with van der Waals surface area (Å²) >= 11 is 0. The van der Waals surface area contributed by atoms with Gasteiger partial charge < -0.3 is 28.8 Å². The van der Waals surface area contributed by atoms with E-state index in [4.69, 9.17) is 33.9 Å². The van der Waals surface area contributed by atoms with Crippen molar-refractivity contribution in [3.05, 3.63) is 59.9 Å². The van der Waals surface area contributed by atoms with Gasteiger partial charge in [-0.1, -0.05) is 24.3 Å². The first-order valence-electron chi connectivity index (χ1n) is 10.8. The summed E-state index contributed by atoms with van der Waals surface area (Å²) in [6.07, 6.45) is 8.47. The van der Waals surface area contributed by atoms with E-state index in [1.165, 1.54) is 11.1 Å². The molecule has 1 unspecified atom stereocenters. The molecular weight excluding hydrogens is 428 g/mol. The number of fused-ring (bicyclic) bond motifs is 2. The Labute approximate surface area is 190 Å². The molecule has 2 aliphatic heterocycles. The third-order valence-corrected chi connectivity index (χ3v) is 5.83. The second-order valence-corrected chi connectivity index (χ2v) is 8.09. The number of aryl methyl sites for hydroxylation is 2. The lowest BCUT2D eigenvalue weighted by atomic mass is 10.00. The summed E-state index contributed by atoms with van der Waals surface area (Å²) in [6, 6.07) is 8.60. The highest BCUT2D eigenvalue weighted by Gasteiger charge is 2.31. The predicted molar refractivity (Wildman–Crippen MR) is 117 cm³/mol. The standard InChI is InChI=1S/C21H24N4O2.C2H2O4/c1-24-10-7-16(8-11-24)27-19-17-5-3-2-4-15(17)6-12-25-14-18(23-20(19)25)21-22-9-13-26-21;3-1(4)2(5)6/h2-5,9,13-14,16,19H,6-8,10-12H2,1H3;(H,3,4)(H,5,6). The Hall–Kier alpha value is -3.50. The molecular formula is C23H26N4O6. The maximum Gasteiger partial charge on any atom is 0.414 e. The third-order valence-electron chi connectivity index (χ3n) is 5.83. The molecule has 3 aromatic rings. The molecule has 10 nitrogen and oxygen atoms in total. The average Bonchev–Trinajstić information content (AvgIpc) is 3.46. The maximum atomic E-state index is 9.10. The van der Waals surface area contributed by atoms with Gasteiger partial charge in [0.1, 0.15) is 23.9 Å². The first-order chi connectivity index (χ1) is 15.9. The van der Waals surface area contributed by atoms with Crippen LogP contribution in [0.3, 0.4) is 0 Å². The number of carbonyl (C=O) groups is 2. The van der Waals surface area contributed by atoms with E-state index < -0.39 is 11.9 Å². The van der Waals surface area contributed by atoms with Crippen molar-refractivity contribution in [3.8, 4) is 11.6 Å². The molecule has 2 aromatic heterocycles. The lowest BCUT2D eigenvalue weighted by molar-refractivity contribution is -0.159. The number of hydrogen-bond donors (Lipinski definition) is 2. The van der Waals surface area contributed by atoms with Crippen LogP contribution in [0.1, 0.15) is 35.9 Å². The quantitative estimate of drug-likeness (QED) is 0.573. The summed E-state index contributed by atoms with van der Waals surface area (Å²) in [5.41, 5.74) is 3.35. The Morgan fingerprint density at radius 1 is 1.12 bits per heavy atom. The summed E-state index contributed by atoms with van der Waals surface area (Å²) in [5.74, 6) is -2.14. The van der Waals surface area contributed by atoms with E-state index in [0.717, 1.165) is 50.4 Å². The van der Waals surface area contributed by atoms with Crippen LogP contribution in [0, 0.1) is 0 Å². The van der Waals surface area contributed by atoms with E-state index in [-0.39, 0.29) is 12.2 Å². The van der Waals surface area contributed by atoms with E-state index in [1.54, 1.807) is 12.5 Å². The number of imidazole rings is 1. The molecule has 0 saturated carbocycles. The number of carboxylic acids is 2. The molecule has 0 spiro atoms. The monoisotopic (exact) mass is 454 g/mol. The Bertz CT molecular complexity index is 1090.